The minimum Gasteiger partial charge on any atom is -0.497 e. The van der Waals surface area contributed by atoms with Gasteiger partial charge in [-0.15, -0.1) is 0 Å². The van der Waals surface area contributed by atoms with Crippen molar-refractivity contribution >= 4 is 11.8 Å². The van der Waals surface area contributed by atoms with Gasteiger partial charge in [-0.1, -0.05) is 56.3 Å². The third kappa shape index (κ3) is 4.07. The minimum absolute atomic E-state index is 0.275. The highest BCUT2D eigenvalue weighted by Gasteiger charge is 2.80. The number of ketones is 1. The number of carbonyl (C=O) groups is 2. The van der Waals surface area contributed by atoms with Gasteiger partial charge in [0, 0.05) is 12.1 Å². The first-order valence-corrected chi connectivity index (χ1v) is 14.4. The highest BCUT2D eigenvalue weighted by molar-refractivity contribution is 6.10. The molecule has 3 aromatic carbocycles. The van der Waals surface area contributed by atoms with E-state index in [0.29, 0.717) is 41.7 Å². The van der Waals surface area contributed by atoms with Crippen LogP contribution in [-0.2, 0) is 25.5 Å². The zero-order valence-corrected chi connectivity index (χ0v) is 25.1. The molecule has 0 spiro atoms. The highest BCUT2D eigenvalue weighted by atomic mass is 16.5. The summed E-state index contributed by atoms with van der Waals surface area (Å²) in [5.41, 5.74) is -0.666. The largest absolute Gasteiger partial charge is 0.497 e. The molecule has 8 heteroatoms. The lowest BCUT2D eigenvalue weighted by Crippen LogP contribution is -2.61. The Hall–Kier alpha value is -4.04. The van der Waals surface area contributed by atoms with E-state index in [1.54, 1.807) is 27.4 Å². The number of ether oxygens (including phenoxy) is 5. The Kier molecular flexibility index (Phi) is 8.19. The van der Waals surface area contributed by atoms with Crippen LogP contribution in [0.3, 0.4) is 0 Å². The fourth-order valence-electron chi connectivity index (χ4n) is 7.20. The van der Waals surface area contributed by atoms with Crippen LogP contribution in [0.4, 0.5) is 0 Å². The molecule has 0 unspecified atom stereocenters. The molecular weight excluding hydrogens is 534 g/mol. The summed E-state index contributed by atoms with van der Waals surface area (Å²) >= 11 is 0. The molecule has 3 aromatic rings. The molecule has 0 saturated heterocycles. The van der Waals surface area contributed by atoms with Gasteiger partial charge in [-0.2, -0.15) is 0 Å². The Morgan fingerprint density at radius 3 is 2.05 bits per heavy atom. The Labute approximate surface area is 247 Å². The number of benzene rings is 3. The van der Waals surface area contributed by atoms with E-state index in [1.807, 2.05) is 60.7 Å². The van der Waals surface area contributed by atoms with Crippen LogP contribution in [0.2, 0.25) is 0 Å². The summed E-state index contributed by atoms with van der Waals surface area (Å²) in [6, 6.07) is 20.8. The summed E-state index contributed by atoms with van der Waals surface area (Å²) in [4.78, 5) is 31.4. The summed E-state index contributed by atoms with van der Waals surface area (Å²) in [6.45, 7) is 5.35. The number of esters is 1. The van der Waals surface area contributed by atoms with Crippen molar-refractivity contribution in [1.82, 2.24) is 4.90 Å². The second-order valence-corrected chi connectivity index (χ2v) is 10.7. The average Bonchev–Trinajstić information content (AvgIpc) is 3.46. The van der Waals surface area contributed by atoms with E-state index in [-0.39, 0.29) is 5.78 Å². The van der Waals surface area contributed by atoms with Crippen molar-refractivity contribution in [2.24, 2.45) is 5.92 Å². The van der Waals surface area contributed by atoms with Crippen LogP contribution in [0.5, 0.6) is 23.0 Å². The lowest BCUT2D eigenvalue weighted by molar-refractivity contribution is -0.151. The third-order valence-electron chi connectivity index (χ3n) is 8.67. The van der Waals surface area contributed by atoms with Gasteiger partial charge in [0.2, 0.25) is 0 Å². The maximum atomic E-state index is 15.4. The van der Waals surface area contributed by atoms with Crippen molar-refractivity contribution in [1.29, 1.82) is 0 Å². The summed E-state index contributed by atoms with van der Waals surface area (Å²) in [5, 5.41) is 0. The zero-order chi connectivity index (χ0) is 30.1. The van der Waals surface area contributed by atoms with Crippen LogP contribution in [0.25, 0.3) is 0 Å². The number of carbonyl (C=O) groups excluding carboxylic acids is 2. The Morgan fingerprint density at radius 2 is 1.50 bits per heavy atom. The number of Topliss-reactive ketones (excluding diaryl/α,β-unsaturated/α-hetero) is 1. The molecular formula is C34H39NO7. The van der Waals surface area contributed by atoms with E-state index >= 15 is 4.79 Å². The van der Waals surface area contributed by atoms with Crippen LogP contribution in [-0.4, -0.2) is 58.2 Å². The predicted molar refractivity (Wildman–Crippen MR) is 158 cm³/mol. The molecule has 1 heterocycles. The van der Waals surface area contributed by atoms with E-state index in [9.17, 15) is 4.79 Å². The molecule has 2 aliphatic rings. The molecule has 0 aromatic heterocycles. The van der Waals surface area contributed by atoms with Crippen LogP contribution in [0.1, 0.15) is 49.3 Å². The highest BCUT2D eigenvalue weighted by Crippen LogP contribution is 2.71. The minimum atomic E-state index is -1.43. The van der Waals surface area contributed by atoms with Crippen LogP contribution in [0, 0.1) is 5.92 Å². The van der Waals surface area contributed by atoms with Crippen molar-refractivity contribution in [3.8, 4) is 23.0 Å². The lowest BCUT2D eigenvalue weighted by atomic mass is 9.67. The monoisotopic (exact) mass is 573 g/mol. The van der Waals surface area contributed by atoms with E-state index in [4.69, 9.17) is 23.7 Å². The molecule has 1 aliphatic carbocycles. The van der Waals surface area contributed by atoms with E-state index in [0.717, 1.165) is 24.0 Å². The normalized spacial score (nSPS) is 24.1. The fraction of sp³-hybridized carbons (Fsp3) is 0.412. The van der Waals surface area contributed by atoms with Crippen molar-refractivity contribution in [3.63, 3.8) is 0 Å². The second-order valence-electron chi connectivity index (χ2n) is 10.7. The quantitative estimate of drug-likeness (QED) is 0.221. The Morgan fingerprint density at radius 1 is 0.857 bits per heavy atom. The first-order chi connectivity index (χ1) is 20.4. The van der Waals surface area contributed by atoms with Crippen molar-refractivity contribution in [2.75, 3.05) is 41.5 Å². The van der Waals surface area contributed by atoms with Gasteiger partial charge in [0.15, 0.2) is 16.9 Å². The summed E-state index contributed by atoms with van der Waals surface area (Å²) < 4.78 is 29.7. The van der Waals surface area contributed by atoms with Gasteiger partial charge >= 0.3 is 5.97 Å². The summed E-state index contributed by atoms with van der Waals surface area (Å²) in [7, 11) is 6.10. The topological polar surface area (TPSA) is 83.5 Å². The molecule has 0 radical (unpaired) electrons. The SMILES string of the molecule is CCCN(CCC)[C@@]12C(=O)[C@H](C(=O)OC)[C@@H](c3ccccc3)[C@]1(c1ccc(OC)cc1)Oc1cc(OC)cc(OC)c12. The average molecular weight is 574 g/mol. The van der Waals surface area contributed by atoms with Gasteiger partial charge in [0.05, 0.1) is 39.9 Å². The van der Waals surface area contributed by atoms with Crippen molar-refractivity contribution in [2.45, 2.75) is 43.7 Å². The second kappa shape index (κ2) is 11.7. The maximum Gasteiger partial charge on any atom is 0.317 e. The third-order valence-corrected chi connectivity index (χ3v) is 8.67. The van der Waals surface area contributed by atoms with Gasteiger partial charge in [-0.25, -0.2) is 0 Å². The van der Waals surface area contributed by atoms with Gasteiger partial charge < -0.3 is 23.7 Å². The van der Waals surface area contributed by atoms with Crippen molar-refractivity contribution < 1.29 is 33.3 Å². The van der Waals surface area contributed by atoms with Gasteiger partial charge in [-0.3, -0.25) is 14.5 Å². The van der Waals surface area contributed by atoms with Crippen LogP contribution >= 0.6 is 0 Å². The van der Waals surface area contributed by atoms with E-state index in [1.165, 1.54) is 7.11 Å². The van der Waals surface area contributed by atoms with Gasteiger partial charge in [-0.05, 0) is 49.2 Å². The molecule has 1 saturated carbocycles. The number of fused-ring (bicyclic) bond motifs is 3. The molecule has 4 atom stereocenters. The molecule has 0 bridgehead atoms. The zero-order valence-electron chi connectivity index (χ0n) is 25.1. The Bertz CT molecular complexity index is 1430. The van der Waals surface area contributed by atoms with Crippen LogP contribution in [0.15, 0.2) is 66.7 Å². The maximum absolute atomic E-state index is 15.4. The number of hydrogen-bond donors (Lipinski definition) is 0. The number of methoxy groups -OCH3 is 4. The van der Waals surface area contributed by atoms with Gasteiger partial charge in [0.25, 0.3) is 0 Å². The number of nitrogens with zero attached hydrogens (tertiary/aromatic N) is 1. The standard InChI is InChI=1S/C34H39NO7/c1-7-18-35(19-8-2)33-30-26(40-5)20-25(39-4)21-27(30)42-34(33,23-14-16-24(38-3)17-15-23)29(22-12-10-9-11-13-22)28(31(33)36)32(37)41-6/h9-17,20-21,28-29H,7-8,18-19H2,1-6H3/t28-,29-,33+,34+/m1/s1. The molecule has 0 amide bonds. The molecule has 5 rings (SSSR count). The number of rotatable bonds is 11. The van der Waals surface area contributed by atoms with Crippen LogP contribution < -0.4 is 18.9 Å². The molecule has 1 aliphatic heterocycles. The predicted octanol–water partition coefficient (Wildman–Crippen LogP) is 5.47. The lowest BCUT2D eigenvalue weighted by Gasteiger charge is -2.48. The molecule has 1 fully saturated rings. The molecule has 222 valence electrons. The summed E-state index contributed by atoms with van der Waals surface area (Å²) in [6.07, 6.45) is 1.56. The summed E-state index contributed by atoms with van der Waals surface area (Å²) in [5.74, 6) is -0.596. The van der Waals surface area contributed by atoms with Crippen molar-refractivity contribution in [3.05, 3.63) is 83.4 Å². The first-order valence-electron chi connectivity index (χ1n) is 14.4. The van der Waals surface area contributed by atoms with E-state index < -0.39 is 28.9 Å². The molecule has 0 N–H and O–H groups in total. The first kappa shape index (κ1) is 29.5. The molecule has 8 nitrogen and oxygen atoms in total. The smallest absolute Gasteiger partial charge is 0.317 e. The number of hydrogen-bond acceptors (Lipinski definition) is 8. The van der Waals surface area contributed by atoms with E-state index in [2.05, 4.69) is 18.7 Å². The molecule has 42 heavy (non-hydrogen) atoms. The fourth-order valence-corrected chi connectivity index (χ4v) is 7.20. The Balaban J connectivity index is 2.00. The van der Waals surface area contributed by atoms with Gasteiger partial charge in [0.1, 0.15) is 28.9 Å².